The molecule has 0 radical (unpaired) electrons. The van der Waals surface area contributed by atoms with Gasteiger partial charge in [-0.05, 0) is 31.2 Å². The summed E-state index contributed by atoms with van der Waals surface area (Å²) in [6.45, 7) is -0.911. The number of benzene rings is 1. The highest BCUT2D eigenvalue weighted by Gasteiger charge is 2.16. The van der Waals surface area contributed by atoms with Crippen LogP contribution in [0.25, 0.3) is 11.4 Å². The Morgan fingerprint density at radius 3 is 2.72 bits per heavy atom. The third kappa shape index (κ3) is 6.37. The van der Waals surface area contributed by atoms with E-state index in [-0.39, 0.29) is 41.6 Å². The molecular weight excluding hydrogens is 466 g/mol. The summed E-state index contributed by atoms with van der Waals surface area (Å²) in [5, 5.41) is 12.9. The van der Waals surface area contributed by atoms with E-state index in [1.54, 1.807) is 12.3 Å². The second-order valence-electron chi connectivity index (χ2n) is 6.04. The lowest BCUT2D eigenvalue weighted by molar-refractivity contribution is -0.142. The molecule has 0 fully saturated rings. The number of halogens is 2. The van der Waals surface area contributed by atoms with E-state index >= 15 is 0 Å². The van der Waals surface area contributed by atoms with Crippen molar-refractivity contribution in [3.05, 3.63) is 35.3 Å². The number of carbonyl (C=O) groups is 2. The molecule has 3 aromatic rings. The number of nitrogens with one attached hydrogen (secondary N) is 1. The van der Waals surface area contributed by atoms with Crippen LogP contribution in [-0.4, -0.2) is 50.7 Å². The number of carbonyl (C=O) groups excluding carboxylic acids is 2. The fourth-order valence-corrected chi connectivity index (χ4v) is 3.83. The summed E-state index contributed by atoms with van der Waals surface area (Å²) in [5.74, 6) is 5.56. The largest absolute Gasteiger partial charge is 0.466 e. The fourth-order valence-electron chi connectivity index (χ4n) is 2.45. The molecule has 0 aliphatic heterocycles. The van der Waals surface area contributed by atoms with Crippen LogP contribution in [0.15, 0.2) is 34.8 Å². The molecule has 170 valence electrons. The molecule has 3 N–H and O–H groups in total. The van der Waals surface area contributed by atoms with Gasteiger partial charge in [-0.3, -0.25) is 9.59 Å². The lowest BCUT2D eigenvalue weighted by atomic mass is 10.2. The number of rotatable bonds is 10. The monoisotopic (exact) mass is 484 g/mol. The first-order chi connectivity index (χ1) is 15.4. The molecule has 0 spiro atoms. The summed E-state index contributed by atoms with van der Waals surface area (Å²) in [6.07, 6.45) is 0.0310. The van der Waals surface area contributed by atoms with Crippen molar-refractivity contribution in [2.24, 2.45) is 0 Å². The standard InChI is InChI=1S/C18H18F2N6O4S2/c1-2-29-14(28)7-11-8-31-17(22-11)23-13(27)9-32-18-25-24-15(26(18)21)10-3-5-12(6-4-10)30-16(19)20/h3-6,8,16H,2,7,9,21H2,1H3,(H,22,23,27). The Labute approximate surface area is 189 Å². The Bertz CT molecular complexity index is 1070. The van der Waals surface area contributed by atoms with Gasteiger partial charge in [-0.2, -0.15) is 8.78 Å². The van der Waals surface area contributed by atoms with Crippen LogP contribution in [0.4, 0.5) is 13.9 Å². The highest BCUT2D eigenvalue weighted by atomic mass is 32.2. The Kier molecular flexibility index (Phi) is 7.94. The Balaban J connectivity index is 1.54. The molecule has 0 saturated heterocycles. The molecule has 0 atom stereocenters. The van der Waals surface area contributed by atoms with Gasteiger partial charge in [0.05, 0.1) is 24.5 Å². The molecular formula is C18H18F2N6O4S2. The van der Waals surface area contributed by atoms with Gasteiger partial charge in [0.1, 0.15) is 5.75 Å². The molecule has 0 aliphatic rings. The number of thioether (sulfide) groups is 1. The Morgan fingerprint density at radius 1 is 1.28 bits per heavy atom. The molecule has 0 unspecified atom stereocenters. The van der Waals surface area contributed by atoms with Crippen molar-refractivity contribution in [3.63, 3.8) is 0 Å². The number of aromatic nitrogens is 4. The summed E-state index contributed by atoms with van der Waals surface area (Å²) >= 11 is 2.25. The zero-order valence-electron chi connectivity index (χ0n) is 16.7. The molecule has 2 heterocycles. The maximum atomic E-state index is 12.3. The van der Waals surface area contributed by atoms with Crippen LogP contribution >= 0.6 is 23.1 Å². The SMILES string of the molecule is CCOC(=O)Cc1csc(NC(=O)CSc2nnc(-c3ccc(OC(F)F)cc3)n2N)n1. The van der Waals surface area contributed by atoms with Gasteiger partial charge in [0.15, 0.2) is 11.0 Å². The van der Waals surface area contributed by atoms with Crippen molar-refractivity contribution in [2.75, 3.05) is 23.5 Å². The van der Waals surface area contributed by atoms with E-state index < -0.39 is 6.61 Å². The lowest BCUT2D eigenvalue weighted by Crippen LogP contribution is -2.16. The summed E-state index contributed by atoms with van der Waals surface area (Å²) < 4.78 is 34.9. The minimum Gasteiger partial charge on any atom is -0.466 e. The van der Waals surface area contributed by atoms with E-state index in [2.05, 4.69) is 25.2 Å². The predicted molar refractivity (Wildman–Crippen MR) is 114 cm³/mol. The van der Waals surface area contributed by atoms with Crippen molar-refractivity contribution in [1.29, 1.82) is 0 Å². The molecule has 2 aromatic heterocycles. The van der Waals surface area contributed by atoms with Gasteiger partial charge in [0.2, 0.25) is 11.1 Å². The van der Waals surface area contributed by atoms with Crippen LogP contribution in [0, 0.1) is 0 Å². The first kappa shape index (κ1) is 23.4. The molecule has 1 amide bonds. The van der Waals surface area contributed by atoms with Crippen molar-refractivity contribution in [2.45, 2.75) is 25.1 Å². The number of hydrogen-bond acceptors (Lipinski definition) is 10. The Morgan fingerprint density at radius 2 is 2.03 bits per heavy atom. The molecule has 14 heteroatoms. The molecule has 10 nitrogen and oxygen atoms in total. The van der Waals surface area contributed by atoms with Crippen LogP contribution in [0.3, 0.4) is 0 Å². The predicted octanol–water partition coefficient (Wildman–Crippen LogP) is 2.55. The normalized spacial score (nSPS) is 10.9. The van der Waals surface area contributed by atoms with Gasteiger partial charge in [-0.1, -0.05) is 11.8 Å². The Hall–Kier alpha value is -3.26. The summed E-state index contributed by atoms with van der Waals surface area (Å²) in [6, 6.07) is 5.76. The van der Waals surface area contributed by atoms with E-state index in [4.69, 9.17) is 10.6 Å². The molecule has 0 saturated carbocycles. The van der Waals surface area contributed by atoms with Gasteiger partial charge < -0.3 is 20.6 Å². The second-order valence-corrected chi connectivity index (χ2v) is 7.84. The summed E-state index contributed by atoms with van der Waals surface area (Å²) in [5.41, 5.74) is 1.04. The van der Waals surface area contributed by atoms with E-state index in [0.29, 0.717) is 22.2 Å². The van der Waals surface area contributed by atoms with E-state index in [1.165, 1.54) is 40.3 Å². The quantitative estimate of drug-likeness (QED) is 0.253. The van der Waals surface area contributed by atoms with Gasteiger partial charge in [-0.25, -0.2) is 9.66 Å². The van der Waals surface area contributed by atoms with Crippen molar-refractivity contribution in [3.8, 4) is 17.1 Å². The highest BCUT2D eigenvalue weighted by molar-refractivity contribution is 7.99. The van der Waals surface area contributed by atoms with Gasteiger partial charge in [-0.15, -0.1) is 21.5 Å². The smallest absolute Gasteiger partial charge is 0.387 e. The zero-order valence-corrected chi connectivity index (χ0v) is 18.3. The number of nitrogen functional groups attached to an aromatic ring is 1. The maximum Gasteiger partial charge on any atom is 0.387 e. The highest BCUT2D eigenvalue weighted by Crippen LogP contribution is 2.24. The number of esters is 1. The topological polar surface area (TPSA) is 134 Å². The van der Waals surface area contributed by atoms with Gasteiger partial charge in [0.25, 0.3) is 0 Å². The van der Waals surface area contributed by atoms with Crippen LogP contribution in [-0.2, 0) is 20.7 Å². The van der Waals surface area contributed by atoms with Gasteiger partial charge >= 0.3 is 12.6 Å². The number of anilines is 1. The minimum atomic E-state index is -2.92. The average Bonchev–Trinajstić information content (AvgIpc) is 3.33. The third-order valence-corrected chi connectivity index (χ3v) is 5.51. The number of thiazole rings is 1. The molecule has 1 aromatic carbocycles. The van der Waals surface area contributed by atoms with Crippen LogP contribution in [0.2, 0.25) is 0 Å². The molecule has 0 aliphatic carbocycles. The summed E-state index contributed by atoms with van der Waals surface area (Å²) in [7, 11) is 0. The second kappa shape index (κ2) is 10.9. The molecule has 0 bridgehead atoms. The number of nitrogens with two attached hydrogens (primary N) is 1. The number of nitrogens with zero attached hydrogens (tertiary/aromatic N) is 4. The van der Waals surface area contributed by atoms with E-state index in [1.807, 2.05) is 0 Å². The van der Waals surface area contributed by atoms with E-state index in [9.17, 15) is 18.4 Å². The van der Waals surface area contributed by atoms with Crippen LogP contribution in [0.5, 0.6) is 5.75 Å². The third-order valence-electron chi connectivity index (χ3n) is 3.76. The van der Waals surface area contributed by atoms with Gasteiger partial charge in [0, 0.05) is 10.9 Å². The molecule has 32 heavy (non-hydrogen) atoms. The van der Waals surface area contributed by atoms with Crippen LogP contribution in [0.1, 0.15) is 12.6 Å². The number of alkyl halides is 2. The molecule has 3 rings (SSSR count). The number of amides is 1. The first-order valence-corrected chi connectivity index (χ1v) is 11.0. The number of ether oxygens (including phenoxy) is 2. The van der Waals surface area contributed by atoms with E-state index in [0.717, 1.165) is 11.8 Å². The van der Waals surface area contributed by atoms with Crippen molar-refractivity contribution < 1.29 is 27.8 Å². The van der Waals surface area contributed by atoms with Crippen LogP contribution < -0.4 is 15.9 Å². The maximum absolute atomic E-state index is 12.3. The fraction of sp³-hybridized carbons (Fsp3) is 0.278. The lowest BCUT2D eigenvalue weighted by Gasteiger charge is -2.06. The minimum absolute atomic E-state index is 0.00528. The number of hydrogen-bond donors (Lipinski definition) is 2. The average molecular weight is 485 g/mol. The first-order valence-electron chi connectivity index (χ1n) is 9.14. The van der Waals surface area contributed by atoms with Crippen molar-refractivity contribution in [1.82, 2.24) is 19.9 Å². The van der Waals surface area contributed by atoms with Crippen molar-refractivity contribution >= 4 is 40.1 Å². The summed E-state index contributed by atoms with van der Waals surface area (Å²) in [4.78, 5) is 27.9. The zero-order chi connectivity index (χ0) is 23.1.